The molecule has 1 amide bonds. The molecule has 0 aromatic rings. The first kappa shape index (κ1) is 55.6. The van der Waals surface area contributed by atoms with Crippen molar-refractivity contribution in [3.8, 4) is 0 Å². The molecule has 0 saturated carbocycles. The van der Waals surface area contributed by atoms with Crippen molar-refractivity contribution in [2.45, 2.75) is 283 Å². The molecule has 0 fully saturated rings. The molecule has 0 aliphatic carbocycles. The summed E-state index contributed by atoms with van der Waals surface area (Å²) in [6.45, 7) is 4.22. The molecule has 0 radical (unpaired) electrons. The summed E-state index contributed by atoms with van der Waals surface area (Å²) < 4.78 is 0. The minimum Gasteiger partial charge on any atom is -0.394 e. The third-order valence-electron chi connectivity index (χ3n) is 11.7. The fourth-order valence-electron chi connectivity index (χ4n) is 7.79. The molecular formula is C52H99NO4. The van der Waals surface area contributed by atoms with Crippen LogP contribution in [0.5, 0.6) is 0 Å². The number of amides is 1. The number of allylic oxidation sites excluding steroid dienone is 5. The van der Waals surface area contributed by atoms with E-state index in [0.29, 0.717) is 6.42 Å². The summed E-state index contributed by atoms with van der Waals surface area (Å²) in [5, 5.41) is 33.3. The monoisotopic (exact) mass is 802 g/mol. The van der Waals surface area contributed by atoms with Crippen LogP contribution >= 0.6 is 0 Å². The Bertz CT molecular complexity index is 885. The van der Waals surface area contributed by atoms with Crippen LogP contribution in [0.4, 0.5) is 0 Å². The van der Waals surface area contributed by atoms with E-state index < -0.39 is 18.2 Å². The average molecular weight is 802 g/mol. The molecule has 4 N–H and O–H groups in total. The summed E-state index contributed by atoms with van der Waals surface area (Å²) in [6.07, 6.45) is 60.2. The molecule has 0 saturated heterocycles. The predicted octanol–water partition coefficient (Wildman–Crippen LogP) is 15.1. The quantitative estimate of drug-likeness (QED) is 0.0365. The largest absolute Gasteiger partial charge is 0.394 e. The lowest BCUT2D eigenvalue weighted by Crippen LogP contribution is -2.45. The molecular weight excluding hydrogens is 703 g/mol. The van der Waals surface area contributed by atoms with Gasteiger partial charge in [-0.2, -0.15) is 0 Å². The zero-order valence-electron chi connectivity index (χ0n) is 38.2. The number of hydrogen-bond donors (Lipinski definition) is 4. The standard InChI is InChI=1S/C52H99NO4/c1-3-5-7-9-11-13-15-17-19-21-23-24-25-26-28-30-32-34-36-38-40-42-44-46-51(56)50(48-54)53-52(57)47-49(55)45-43-41-39-37-35-33-31-29-27-22-20-18-16-14-12-10-8-6-4-2/h28,30,36,38,44,46,49-51,54-56H,3-27,29,31-35,37,39-43,45,47-48H2,1-2H3,(H,53,57)/b30-28+,38-36+,46-44+. The minimum atomic E-state index is -0.958. The number of rotatable bonds is 46. The van der Waals surface area contributed by atoms with Crippen molar-refractivity contribution < 1.29 is 20.1 Å². The van der Waals surface area contributed by atoms with Crippen LogP contribution in [0.3, 0.4) is 0 Å². The molecule has 0 rings (SSSR count). The van der Waals surface area contributed by atoms with Crippen molar-refractivity contribution in [2.24, 2.45) is 0 Å². The van der Waals surface area contributed by atoms with Gasteiger partial charge in [0.15, 0.2) is 0 Å². The van der Waals surface area contributed by atoms with E-state index in [1.54, 1.807) is 6.08 Å². The van der Waals surface area contributed by atoms with Gasteiger partial charge in [-0.25, -0.2) is 0 Å². The van der Waals surface area contributed by atoms with Crippen molar-refractivity contribution in [1.82, 2.24) is 5.32 Å². The van der Waals surface area contributed by atoms with E-state index in [1.807, 2.05) is 6.08 Å². The number of aliphatic hydroxyl groups excluding tert-OH is 3. The Balaban J connectivity index is 3.67. The Morgan fingerprint density at radius 3 is 1.12 bits per heavy atom. The van der Waals surface area contributed by atoms with Gasteiger partial charge in [0.1, 0.15) is 0 Å². The lowest BCUT2D eigenvalue weighted by atomic mass is 10.0. The summed E-state index contributed by atoms with van der Waals surface area (Å²) in [5.74, 6) is -0.326. The summed E-state index contributed by atoms with van der Waals surface area (Å²) >= 11 is 0. The van der Waals surface area contributed by atoms with Gasteiger partial charge in [0, 0.05) is 0 Å². The lowest BCUT2D eigenvalue weighted by molar-refractivity contribution is -0.124. The molecule has 0 aliphatic rings. The van der Waals surface area contributed by atoms with E-state index in [4.69, 9.17) is 0 Å². The van der Waals surface area contributed by atoms with E-state index in [1.165, 1.54) is 199 Å². The molecule has 57 heavy (non-hydrogen) atoms. The van der Waals surface area contributed by atoms with Gasteiger partial charge < -0.3 is 20.6 Å². The maximum Gasteiger partial charge on any atom is 0.222 e. The maximum absolute atomic E-state index is 12.5. The molecule has 3 atom stereocenters. The first-order chi connectivity index (χ1) is 28.0. The SMILES string of the molecule is CCCCCCCCCCCCCCC/C=C/CC/C=C/CC/C=C/C(O)C(CO)NC(=O)CC(O)CCCCCCCCCCCCCCCCCCCCC. The fourth-order valence-corrected chi connectivity index (χ4v) is 7.79. The molecule has 0 spiro atoms. The molecule has 0 bridgehead atoms. The summed E-state index contributed by atoms with van der Waals surface area (Å²) in [6, 6.07) is -0.766. The highest BCUT2D eigenvalue weighted by Gasteiger charge is 2.20. The van der Waals surface area contributed by atoms with Crippen LogP contribution in [0, 0.1) is 0 Å². The van der Waals surface area contributed by atoms with Crippen LogP contribution in [-0.4, -0.2) is 46.1 Å². The minimum absolute atomic E-state index is 0.00536. The second-order valence-electron chi connectivity index (χ2n) is 17.4. The molecule has 336 valence electrons. The lowest BCUT2D eigenvalue weighted by Gasteiger charge is -2.21. The number of hydrogen-bond acceptors (Lipinski definition) is 4. The third-order valence-corrected chi connectivity index (χ3v) is 11.7. The van der Waals surface area contributed by atoms with Gasteiger partial charge in [-0.15, -0.1) is 0 Å². The first-order valence-corrected chi connectivity index (χ1v) is 25.3. The van der Waals surface area contributed by atoms with E-state index in [0.717, 1.165) is 38.5 Å². The Morgan fingerprint density at radius 1 is 0.439 bits per heavy atom. The van der Waals surface area contributed by atoms with E-state index in [9.17, 15) is 20.1 Å². The topological polar surface area (TPSA) is 89.8 Å². The van der Waals surface area contributed by atoms with Gasteiger partial charge >= 0.3 is 0 Å². The van der Waals surface area contributed by atoms with Crippen molar-refractivity contribution >= 4 is 5.91 Å². The Kier molecular flexibility index (Phi) is 46.1. The van der Waals surface area contributed by atoms with E-state index in [2.05, 4.69) is 43.5 Å². The molecule has 5 heteroatoms. The third kappa shape index (κ3) is 44.0. The number of carbonyl (C=O) groups is 1. The van der Waals surface area contributed by atoms with Gasteiger partial charge in [0.2, 0.25) is 5.91 Å². The highest BCUT2D eigenvalue weighted by molar-refractivity contribution is 5.76. The van der Waals surface area contributed by atoms with E-state index in [-0.39, 0.29) is 18.9 Å². The van der Waals surface area contributed by atoms with Crippen LogP contribution < -0.4 is 5.32 Å². The normalized spacial score (nSPS) is 13.7. The Hall–Kier alpha value is -1.43. The highest BCUT2D eigenvalue weighted by Crippen LogP contribution is 2.16. The zero-order chi connectivity index (χ0) is 41.5. The molecule has 0 aromatic heterocycles. The Labute approximate surface area is 355 Å². The van der Waals surface area contributed by atoms with Gasteiger partial charge in [-0.05, 0) is 44.9 Å². The highest BCUT2D eigenvalue weighted by atomic mass is 16.3. The molecule has 0 aliphatic heterocycles. The number of aliphatic hydroxyl groups is 3. The summed E-state index contributed by atoms with van der Waals surface area (Å²) in [5.41, 5.74) is 0. The molecule has 0 heterocycles. The number of nitrogens with one attached hydrogen (secondary N) is 1. The van der Waals surface area contributed by atoms with Crippen molar-refractivity contribution in [1.29, 1.82) is 0 Å². The number of unbranched alkanes of at least 4 members (excludes halogenated alkanes) is 33. The second kappa shape index (κ2) is 47.3. The van der Waals surface area contributed by atoms with Gasteiger partial charge in [-0.3, -0.25) is 4.79 Å². The maximum atomic E-state index is 12.5. The molecule has 5 nitrogen and oxygen atoms in total. The second-order valence-corrected chi connectivity index (χ2v) is 17.4. The van der Waals surface area contributed by atoms with Crippen LogP contribution in [0.1, 0.15) is 264 Å². The molecule has 3 unspecified atom stereocenters. The summed E-state index contributed by atoms with van der Waals surface area (Å²) in [4.78, 5) is 12.5. The first-order valence-electron chi connectivity index (χ1n) is 25.3. The molecule has 0 aromatic carbocycles. The fraction of sp³-hybridized carbons (Fsp3) is 0.865. The van der Waals surface area contributed by atoms with Gasteiger partial charge in [-0.1, -0.05) is 249 Å². The van der Waals surface area contributed by atoms with Crippen LogP contribution in [-0.2, 0) is 4.79 Å². The van der Waals surface area contributed by atoms with Crippen molar-refractivity contribution in [3.05, 3.63) is 36.5 Å². The Morgan fingerprint density at radius 2 is 0.754 bits per heavy atom. The summed E-state index contributed by atoms with van der Waals surface area (Å²) in [7, 11) is 0. The van der Waals surface area contributed by atoms with Crippen LogP contribution in [0.25, 0.3) is 0 Å². The van der Waals surface area contributed by atoms with Gasteiger partial charge in [0.25, 0.3) is 0 Å². The smallest absolute Gasteiger partial charge is 0.222 e. The van der Waals surface area contributed by atoms with Crippen LogP contribution in [0.15, 0.2) is 36.5 Å². The van der Waals surface area contributed by atoms with Crippen molar-refractivity contribution in [2.75, 3.05) is 6.61 Å². The van der Waals surface area contributed by atoms with Crippen LogP contribution in [0.2, 0.25) is 0 Å². The average Bonchev–Trinajstić information content (AvgIpc) is 3.20. The van der Waals surface area contributed by atoms with E-state index >= 15 is 0 Å². The van der Waals surface area contributed by atoms with Crippen molar-refractivity contribution in [3.63, 3.8) is 0 Å². The number of carbonyl (C=O) groups excluding carboxylic acids is 1. The predicted molar refractivity (Wildman–Crippen MR) is 250 cm³/mol. The van der Waals surface area contributed by atoms with Gasteiger partial charge in [0.05, 0.1) is 31.3 Å². The zero-order valence-corrected chi connectivity index (χ0v) is 38.2.